The average molecular weight is 267 g/mol. The third-order valence-electron chi connectivity index (χ3n) is 2.32. The number of rotatable bonds is 3. The minimum absolute atomic E-state index is 0.185. The van der Waals surface area contributed by atoms with Gasteiger partial charge in [-0.05, 0) is 12.0 Å². The van der Waals surface area contributed by atoms with Gasteiger partial charge >= 0.3 is 0 Å². The fraction of sp³-hybridized carbons (Fsp3) is 0.273. The van der Waals surface area contributed by atoms with Crippen LogP contribution in [0.15, 0.2) is 39.5 Å². The second kappa shape index (κ2) is 4.57. The van der Waals surface area contributed by atoms with Crippen LogP contribution in [-0.2, 0) is 0 Å². The monoisotopic (exact) mass is 266 g/mol. The van der Waals surface area contributed by atoms with Crippen molar-refractivity contribution in [3.63, 3.8) is 0 Å². The van der Waals surface area contributed by atoms with Crippen molar-refractivity contribution < 1.29 is 4.42 Å². The molecule has 0 amide bonds. The van der Waals surface area contributed by atoms with E-state index < -0.39 is 0 Å². The largest absolute Gasteiger partial charge is 0.415 e. The highest BCUT2D eigenvalue weighted by atomic mass is 79.9. The quantitative estimate of drug-likeness (QED) is 0.855. The number of hydrogen-bond acceptors (Lipinski definition) is 3. The molecule has 1 atom stereocenters. The lowest BCUT2D eigenvalue weighted by molar-refractivity contribution is 0.446. The van der Waals surface area contributed by atoms with Crippen molar-refractivity contribution in [3.05, 3.63) is 46.6 Å². The van der Waals surface area contributed by atoms with Gasteiger partial charge in [-0.3, -0.25) is 0 Å². The fourth-order valence-corrected chi connectivity index (χ4v) is 1.84. The molecule has 0 radical (unpaired) electrons. The van der Waals surface area contributed by atoms with Gasteiger partial charge in [0.1, 0.15) is 0 Å². The van der Waals surface area contributed by atoms with Gasteiger partial charge < -0.3 is 4.42 Å². The molecule has 0 bridgehead atoms. The Balaban J connectivity index is 2.33. The minimum Gasteiger partial charge on any atom is -0.415 e. The van der Waals surface area contributed by atoms with Crippen LogP contribution in [0.4, 0.5) is 0 Å². The van der Waals surface area contributed by atoms with Crippen molar-refractivity contribution in [2.75, 3.05) is 0 Å². The first-order valence-corrected chi connectivity index (χ1v) is 5.64. The Hall–Kier alpha value is -1.16. The molecule has 2 rings (SSSR count). The summed E-state index contributed by atoms with van der Waals surface area (Å²) in [5.74, 6) is 0.848. The summed E-state index contributed by atoms with van der Waals surface area (Å²) in [7, 11) is 0. The Labute approximate surface area is 96.7 Å². The molecule has 4 heteroatoms. The van der Waals surface area contributed by atoms with Crippen LogP contribution in [0.2, 0.25) is 0 Å². The highest BCUT2D eigenvalue weighted by Crippen LogP contribution is 2.27. The van der Waals surface area contributed by atoms with Crippen molar-refractivity contribution in [1.82, 2.24) is 10.2 Å². The molecule has 0 saturated carbocycles. The molecule has 0 N–H and O–H groups in total. The number of halogens is 1. The molecular formula is C11H11BrN2O. The van der Waals surface area contributed by atoms with Crippen molar-refractivity contribution in [2.24, 2.45) is 0 Å². The Morgan fingerprint density at radius 3 is 2.53 bits per heavy atom. The molecule has 0 aliphatic carbocycles. The highest BCUT2D eigenvalue weighted by molar-refractivity contribution is 9.10. The predicted molar refractivity (Wildman–Crippen MR) is 60.6 cm³/mol. The van der Waals surface area contributed by atoms with Crippen LogP contribution in [0.5, 0.6) is 0 Å². The molecule has 0 aliphatic heterocycles. The molecule has 1 aromatic heterocycles. The lowest BCUT2D eigenvalue weighted by atomic mass is 9.97. The second-order valence-electron chi connectivity index (χ2n) is 3.26. The normalized spacial score (nSPS) is 12.7. The van der Waals surface area contributed by atoms with E-state index in [9.17, 15) is 0 Å². The number of nitrogens with zero attached hydrogens (tertiary/aromatic N) is 2. The Kier molecular flexibility index (Phi) is 3.16. The third kappa shape index (κ3) is 2.26. The maximum absolute atomic E-state index is 5.39. The van der Waals surface area contributed by atoms with Gasteiger partial charge in [-0.2, -0.15) is 0 Å². The summed E-state index contributed by atoms with van der Waals surface area (Å²) in [5, 5.41) is 7.81. The first-order chi connectivity index (χ1) is 7.31. The zero-order chi connectivity index (χ0) is 10.7. The Bertz CT molecular complexity index is 427. The van der Waals surface area contributed by atoms with E-state index in [0.29, 0.717) is 10.7 Å². The SMILES string of the molecule is CCC(c1ccccc1)c1nnc(Br)o1. The van der Waals surface area contributed by atoms with Gasteiger partial charge in [0, 0.05) is 15.9 Å². The second-order valence-corrected chi connectivity index (χ2v) is 3.94. The third-order valence-corrected chi connectivity index (χ3v) is 2.64. The van der Waals surface area contributed by atoms with Crippen LogP contribution in [0.1, 0.15) is 30.7 Å². The molecule has 3 nitrogen and oxygen atoms in total. The first-order valence-electron chi connectivity index (χ1n) is 4.85. The van der Waals surface area contributed by atoms with Gasteiger partial charge in [0.05, 0.1) is 5.92 Å². The van der Waals surface area contributed by atoms with E-state index in [2.05, 4.69) is 45.2 Å². The zero-order valence-electron chi connectivity index (χ0n) is 8.35. The van der Waals surface area contributed by atoms with Crippen LogP contribution in [-0.4, -0.2) is 10.2 Å². The van der Waals surface area contributed by atoms with Crippen molar-refractivity contribution in [3.8, 4) is 0 Å². The summed E-state index contributed by atoms with van der Waals surface area (Å²) in [4.78, 5) is 0.437. The smallest absolute Gasteiger partial charge is 0.284 e. The molecule has 0 aliphatic rings. The van der Waals surface area contributed by atoms with E-state index in [-0.39, 0.29) is 5.92 Å². The van der Waals surface area contributed by atoms with Crippen LogP contribution in [0.25, 0.3) is 0 Å². The molecule has 1 unspecified atom stereocenters. The summed E-state index contributed by atoms with van der Waals surface area (Å²) in [6.45, 7) is 2.11. The maximum Gasteiger partial charge on any atom is 0.284 e. The summed E-state index contributed by atoms with van der Waals surface area (Å²) in [6, 6.07) is 10.2. The van der Waals surface area contributed by atoms with Crippen LogP contribution in [0.3, 0.4) is 0 Å². The van der Waals surface area contributed by atoms with Crippen molar-refractivity contribution in [2.45, 2.75) is 19.3 Å². The number of aromatic nitrogens is 2. The van der Waals surface area contributed by atoms with Crippen LogP contribution < -0.4 is 0 Å². The van der Waals surface area contributed by atoms with E-state index in [1.54, 1.807) is 0 Å². The lowest BCUT2D eigenvalue weighted by Crippen LogP contribution is -1.99. The minimum atomic E-state index is 0.185. The zero-order valence-corrected chi connectivity index (χ0v) is 9.94. The lowest BCUT2D eigenvalue weighted by Gasteiger charge is -2.09. The van der Waals surface area contributed by atoms with Gasteiger partial charge in [-0.25, -0.2) is 0 Å². The summed E-state index contributed by atoms with van der Waals surface area (Å²) >= 11 is 3.16. The van der Waals surface area contributed by atoms with Crippen LogP contribution in [0, 0.1) is 0 Å². The highest BCUT2D eigenvalue weighted by Gasteiger charge is 2.17. The molecule has 0 saturated heterocycles. The van der Waals surface area contributed by atoms with E-state index in [4.69, 9.17) is 4.42 Å². The molecule has 1 heterocycles. The summed E-state index contributed by atoms with van der Waals surface area (Å²) < 4.78 is 5.39. The number of benzene rings is 1. The molecule has 15 heavy (non-hydrogen) atoms. The molecule has 78 valence electrons. The summed E-state index contributed by atoms with van der Waals surface area (Å²) in [5.41, 5.74) is 1.20. The van der Waals surface area contributed by atoms with Gasteiger partial charge in [0.15, 0.2) is 0 Å². The number of hydrogen-bond donors (Lipinski definition) is 0. The van der Waals surface area contributed by atoms with Gasteiger partial charge in [0.25, 0.3) is 4.80 Å². The fourth-order valence-electron chi connectivity index (χ4n) is 1.59. The molecule has 2 aromatic rings. The standard InChI is InChI=1S/C11H11BrN2O/c1-2-9(8-6-4-3-5-7-8)10-13-14-11(12)15-10/h3-7,9H,2H2,1H3. The average Bonchev–Trinajstić information content (AvgIpc) is 2.68. The van der Waals surface area contributed by atoms with E-state index in [1.807, 2.05) is 18.2 Å². The Morgan fingerprint density at radius 2 is 2.00 bits per heavy atom. The van der Waals surface area contributed by atoms with Gasteiger partial charge in [0.2, 0.25) is 5.89 Å². The van der Waals surface area contributed by atoms with Gasteiger partial charge in [-0.1, -0.05) is 37.3 Å². The molecular weight excluding hydrogens is 256 g/mol. The summed E-state index contributed by atoms with van der Waals surface area (Å²) in [6.07, 6.45) is 0.943. The Morgan fingerprint density at radius 1 is 1.27 bits per heavy atom. The predicted octanol–water partition coefficient (Wildman–Crippen LogP) is 3.37. The van der Waals surface area contributed by atoms with Crippen molar-refractivity contribution >= 4 is 15.9 Å². The van der Waals surface area contributed by atoms with E-state index in [1.165, 1.54) is 5.56 Å². The van der Waals surface area contributed by atoms with E-state index >= 15 is 0 Å². The van der Waals surface area contributed by atoms with Crippen molar-refractivity contribution in [1.29, 1.82) is 0 Å². The van der Waals surface area contributed by atoms with Crippen LogP contribution >= 0.6 is 15.9 Å². The molecule has 0 fully saturated rings. The molecule has 1 aromatic carbocycles. The molecule has 0 spiro atoms. The first kappa shape index (κ1) is 10.4. The maximum atomic E-state index is 5.39. The van der Waals surface area contributed by atoms with E-state index in [0.717, 1.165) is 6.42 Å². The van der Waals surface area contributed by atoms with Gasteiger partial charge in [-0.15, -0.1) is 10.2 Å². The topological polar surface area (TPSA) is 38.9 Å².